The van der Waals surface area contributed by atoms with E-state index < -0.39 is 9.71 Å². The van der Waals surface area contributed by atoms with Crippen LogP contribution in [0.25, 0.3) is 0 Å². The third-order valence-corrected chi connectivity index (χ3v) is 1.60. The van der Waals surface area contributed by atoms with E-state index >= 15 is 0 Å². The molecule has 2 nitrogen and oxygen atoms in total. The monoisotopic (exact) mass is 210 g/mol. The van der Waals surface area contributed by atoms with Gasteiger partial charge < -0.3 is 0 Å². The number of nitrogens with zero attached hydrogens (tertiary/aromatic N) is 2. The maximum Gasteiger partial charge on any atom is 0.190 e. The van der Waals surface area contributed by atoms with Gasteiger partial charge in [0.15, 0.2) is 3.79 Å². The van der Waals surface area contributed by atoms with Crippen molar-refractivity contribution in [3.63, 3.8) is 0 Å². The Kier molecular flexibility index (Phi) is 4.61. The average molecular weight is 211 g/mol. The smallest absolute Gasteiger partial charge is 0.190 e. The van der Waals surface area contributed by atoms with Crippen molar-refractivity contribution in [3.8, 4) is 12.1 Å². The van der Waals surface area contributed by atoms with Crippen LogP contribution >= 0.6 is 34.8 Å². The van der Waals surface area contributed by atoms with Crippen LogP contribution in [0, 0.1) is 28.6 Å². The van der Waals surface area contributed by atoms with Gasteiger partial charge in [0.05, 0.1) is 12.1 Å². The molecule has 0 aromatic rings. The Balaban J connectivity index is 3.74. The van der Waals surface area contributed by atoms with Crippen LogP contribution < -0.4 is 0 Å². The number of halogens is 3. The van der Waals surface area contributed by atoms with Crippen LogP contribution in [0.2, 0.25) is 0 Å². The first-order chi connectivity index (χ1) is 4.99. The van der Waals surface area contributed by atoms with Gasteiger partial charge in [0.2, 0.25) is 0 Å². The van der Waals surface area contributed by atoms with E-state index in [4.69, 9.17) is 45.3 Å². The van der Waals surface area contributed by atoms with Gasteiger partial charge in [-0.25, -0.2) is 0 Å². The fourth-order valence-electron chi connectivity index (χ4n) is 0.466. The summed E-state index contributed by atoms with van der Waals surface area (Å²) in [7, 11) is 0. The van der Waals surface area contributed by atoms with E-state index in [0.29, 0.717) is 6.42 Å². The molecule has 0 unspecified atom stereocenters. The lowest BCUT2D eigenvalue weighted by Gasteiger charge is -2.09. The summed E-state index contributed by atoms with van der Waals surface area (Å²) in [6, 6.07) is 3.57. The molecule has 0 saturated carbocycles. The minimum absolute atomic E-state index is 0.226. The van der Waals surface area contributed by atoms with E-state index in [-0.39, 0.29) is 6.42 Å². The zero-order chi connectivity index (χ0) is 8.91. The molecule has 0 fully saturated rings. The lowest BCUT2D eigenvalue weighted by atomic mass is 10.1. The van der Waals surface area contributed by atoms with E-state index in [1.54, 1.807) is 12.1 Å². The summed E-state index contributed by atoms with van der Waals surface area (Å²) >= 11 is 16.2. The Morgan fingerprint density at radius 1 is 1.18 bits per heavy atom. The molecule has 0 heterocycles. The molecule has 0 N–H and O–H groups in total. The molecule has 0 aliphatic carbocycles. The molecule has 0 radical (unpaired) electrons. The SMILES string of the molecule is N#CC(C#N)CCC(Cl)(Cl)Cl. The fraction of sp³-hybridized carbons (Fsp3) is 0.667. The first-order valence-corrected chi connectivity index (χ1v) is 3.99. The van der Waals surface area contributed by atoms with Crippen molar-refractivity contribution in [2.75, 3.05) is 0 Å². The lowest BCUT2D eigenvalue weighted by molar-refractivity contribution is 0.683. The molecule has 0 amide bonds. The van der Waals surface area contributed by atoms with Crippen LogP contribution in [0.4, 0.5) is 0 Å². The number of nitriles is 2. The van der Waals surface area contributed by atoms with E-state index in [1.165, 1.54) is 0 Å². The quantitative estimate of drug-likeness (QED) is 0.660. The summed E-state index contributed by atoms with van der Waals surface area (Å²) in [5.74, 6) is -0.675. The van der Waals surface area contributed by atoms with Crippen LogP contribution in [0.1, 0.15) is 12.8 Å². The number of rotatable bonds is 2. The Morgan fingerprint density at radius 2 is 1.64 bits per heavy atom. The van der Waals surface area contributed by atoms with Crippen LogP contribution in [0.3, 0.4) is 0 Å². The van der Waals surface area contributed by atoms with Gasteiger partial charge in [-0.2, -0.15) is 10.5 Å². The number of hydrogen-bond acceptors (Lipinski definition) is 2. The Hall–Kier alpha value is -0.150. The van der Waals surface area contributed by atoms with E-state index in [0.717, 1.165) is 0 Å². The van der Waals surface area contributed by atoms with Crippen molar-refractivity contribution in [3.05, 3.63) is 0 Å². The standard InChI is InChI=1S/C6H5Cl3N2/c7-6(8,9)2-1-5(3-10)4-11/h5H,1-2H2. The summed E-state index contributed by atoms with van der Waals surface area (Å²) in [6.45, 7) is 0. The molecule has 0 aliphatic heterocycles. The molecule has 0 spiro atoms. The van der Waals surface area contributed by atoms with Crippen LogP contribution in [-0.2, 0) is 0 Å². The lowest BCUT2D eigenvalue weighted by Crippen LogP contribution is -2.05. The minimum Gasteiger partial charge on any atom is -0.197 e. The molecular formula is C6H5Cl3N2. The maximum absolute atomic E-state index is 8.32. The van der Waals surface area contributed by atoms with Gasteiger partial charge in [-0.3, -0.25) is 0 Å². The number of alkyl halides is 3. The molecule has 5 heteroatoms. The van der Waals surface area contributed by atoms with Gasteiger partial charge in [-0.1, -0.05) is 34.8 Å². The predicted octanol–water partition coefficient (Wildman–Crippen LogP) is 2.80. The highest BCUT2D eigenvalue weighted by Crippen LogP contribution is 2.32. The highest BCUT2D eigenvalue weighted by molar-refractivity contribution is 6.67. The molecule has 0 atom stereocenters. The van der Waals surface area contributed by atoms with Crippen molar-refractivity contribution in [2.45, 2.75) is 16.6 Å². The molecule has 11 heavy (non-hydrogen) atoms. The molecule has 0 rings (SSSR count). The molecule has 0 aliphatic rings. The summed E-state index contributed by atoms with van der Waals surface area (Å²) in [5, 5.41) is 16.6. The zero-order valence-electron chi connectivity index (χ0n) is 5.52. The second-order valence-corrected chi connectivity index (χ2v) is 4.48. The topological polar surface area (TPSA) is 47.6 Å². The second kappa shape index (κ2) is 4.67. The molecule has 60 valence electrons. The third-order valence-electron chi connectivity index (χ3n) is 1.03. The zero-order valence-corrected chi connectivity index (χ0v) is 7.79. The summed E-state index contributed by atoms with van der Waals surface area (Å²) in [6.07, 6.45) is 0.521. The van der Waals surface area contributed by atoms with Gasteiger partial charge >= 0.3 is 0 Å². The molecular weight excluding hydrogens is 206 g/mol. The van der Waals surface area contributed by atoms with Gasteiger partial charge in [-0.05, 0) is 12.8 Å². The fourth-order valence-corrected chi connectivity index (χ4v) is 0.793. The van der Waals surface area contributed by atoms with Crippen molar-refractivity contribution in [1.29, 1.82) is 10.5 Å². The number of hydrogen-bond donors (Lipinski definition) is 0. The van der Waals surface area contributed by atoms with Crippen molar-refractivity contribution >= 4 is 34.8 Å². The molecule has 0 saturated heterocycles. The maximum atomic E-state index is 8.32. The predicted molar refractivity (Wildman–Crippen MR) is 44.2 cm³/mol. The van der Waals surface area contributed by atoms with Gasteiger partial charge in [0, 0.05) is 0 Å². The van der Waals surface area contributed by atoms with E-state index in [1.807, 2.05) is 0 Å². The molecule has 0 aromatic carbocycles. The average Bonchev–Trinajstić information content (AvgIpc) is 1.88. The molecule has 0 aromatic heterocycles. The minimum atomic E-state index is -1.36. The van der Waals surface area contributed by atoms with Crippen LogP contribution in [0.15, 0.2) is 0 Å². The van der Waals surface area contributed by atoms with E-state index in [2.05, 4.69) is 0 Å². The highest BCUT2D eigenvalue weighted by atomic mass is 35.6. The van der Waals surface area contributed by atoms with Crippen molar-refractivity contribution in [2.24, 2.45) is 5.92 Å². The summed E-state index contributed by atoms with van der Waals surface area (Å²) in [4.78, 5) is 0. The first kappa shape index (κ1) is 10.8. The summed E-state index contributed by atoms with van der Waals surface area (Å²) < 4.78 is -1.36. The van der Waals surface area contributed by atoms with Crippen LogP contribution in [-0.4, -0.2) is 3.79 Å². The largest absolute Gasteiger partial charge is 0.197 e. The highest BCUT2D eigenvalue weighted by Gasteiger charge is 2.21. The van der Waals surface area contributed by atoms with Gasteiger partial charge in [0.1, 0.15) is 5.92 Å². The van der Waals surface area contributed by atoms with Crippen molar-refractivity contribution < 1.29 is 0 Å². The summed E-state index contributed by atoms with van der Waals surface area (Å²) in [5.41, 5.74) is 0. The first-order valence-electron chi connectivity index (χ1n) is 2.85. The van der Waals surface area contributed by atoms with E-state index in [9.17, 15) is 0 Å². The Bertz CT molecular complexity index is 181. The third kappa shape index (κ3) is 6.26. The Labute approximate surface area is 80.3 Å². The van der Waals surface area contributed by atoms with Gasteiger partial charge in [-0.15, -0.1) is 0 Å². The Morgan fingerprint density at radius 3 is 1.91 bits per heavy atom. The van der Waals surface area contributed by atoms with Crippen molar-refractivity contribution in [1.82, 2.24) is 0 Å². The molecule has 0 bridgehead atoms. The van der Waals surface area contributed by atoms with Crippen LogP contribution in [0.5, 0.6) is 0 Å². The second-order valence-electron chi connectivity index (χ2n) is 1.96. The van der Waals surface area contributed by atoms with Gasteiger partial charge in [0.25, 0.3) is 0 Å². The normalized spacial score (nSPS) is 10.7.